The highest BCUT2D eigenvalue weighted by Crippen LogP contribution is 2.15. The molecular formula is C18H21F2IN6. The quantitative estimate of drug-likeness (QED) is 0.331. The number of fused-ring (bicyclic) bond motifs is 1. The Hall–Kier alpha value is -2.30. The van der Waals surface area contributed by atoms with Crippen LogP contribution in [0.5, 0.6) is 0 Å². The number of aromatic nitrogens is 3. The molecule has 1 unspecified atom stereocenters. The summed E-state index contributed by atoms with van der Waals surface area (Å²) in [5.41, 5.74) is 1.44. The summed E-state index contributed by atoms with van der Waals surface area (Å²) in [6.45, 7) is 2.45. The van der Waals surface area contributed by atoms with Crippen LogP contribution in [0.3, 0.4) is 0 Å². The molecule has 144 valence electrons. The lowest BCUT2D eigenvalue weighted by Gasteiger charge is -2.18. The summed E-state index contributed by atoms with van der Waals surface area (Å²) in [6.07, 6.45) is 2.58. The molecule has 2 heterocycles. The maximum Gasteiger partial charge on any atom is 0.191 e. The van der Waals surface area contributed by atoms with Gasteiger partial charge in [0.25, 0.3) is 0 Å². The monoisotopic (exact) mass is 486 g/mol. The van der Waals surface area contributed by atoms with Crippen molar-refractivity contribution >= 4 is 35.6 Å². The predicted molar refractivity (Wildman–Crippen MR) is 111 cm³/mol. The van der Waals surface area contributed by atoms with E-state index in [-0.39, 0.29) is 30.0 Å². The molecule has 0 spiro atoms. The molecule has 1 aromatic carbocycles. The number of pyridine rings is 1. The summed E-state index contributed by atoms with van der Waals surface area (Å²) in [5.74, 6) is -0.310. The van der Waals surface area contributed by atoms with Gasteiger partial charge in [-0.15, -0.1) is 34.2 Å². The van der Waals surface area contributed by atoms with E-state index >= 15 is 0 Å². The zero-order valence-electron chi connectivity index (χ0n) is 15.0. The van der Waals surface area contributed by atoms with Gasteiger partial charge >= 0.3 is 0 Å². The first-order valence-electron chi connectivity index (χ1n) is 8.29. The smallest absolute Gasteiger partial charge is 0.191 e. The molecule has 9 heteroatoms. The Balaban J connectivity index is 0.00000261. The third-order valence-electron chi connectivity index (χ3n) is 4.05. The Morgan fingerprint density at radius 1 is 1.19 bits per heavy atom. The summed E-state index contributed by atoms with van der Waals surface area (Å²) < 4.78 is 28.4. The fourth-order valence-electron chi connectivity index (χ4n) is 2.62. The SMILES string of the molecule is CN=C(NCCc1nnc2ccccn12)NC(C)c1ccc(F)c(F)c1.I. The Bertz CT molecular complexity index is 927. The maximum absolute atomic E-state index is 13.4. The van der Waals surface area contributed by atoms with Crippen molar-refractivity contribution in [3.05, 3.63) is 65.6 Å². The van der Waals surface area contributed by atoms with Gasteiger partial charge in [-0.2, -0.15) is 0 Å². The minimum Gasteiger partial charge on any atom is -0.356 e. The molecule has 0 saturated heterocycles. The number of hydrogen-bond acceptors (Lipinski definition) is 3. The largest absolute Gasteiger partial charge is 0.356 e. The van der Waals surface area contributed by atoms with Crippen molar-refractivity contribution in [2.45, 2.75) is 19.4 Å². The number of guanidine groups is 1. The van der Waals surface area contributed by atoms with Crippen molar-refractivity contribution in [2.75, 3.05) is 13.6 Å². The molecule has 3 rings (SSSR count). The van der Waals surface area contributed by atoms with Crippen LogP contribution in [0.2, 0.25) is 0 Å². The molecule has 0 aliphatic rings. The van der Waals surface area contributed by atoms with Crippen LogP contribution in [-0.4, -0.2) is 34.2 Å². The van der Waals surface area contributed by atoms with Crippen molar-refractivity contribution in [2.24, 2.45) is 4.99 Å². The number of halogens is 3. The van der Waals surface area contributed by atoms with E-state index in [1.807, 2.05) is 35.7 Å². The first kappa shape index (κ1) is 21.0. The topological polar surface area (TPSA) is 66.6 Å². The zero-order chi connectivity index (χ0) is 18.5. The second-order valence-corrected chi connectivity index (χ2v) is 5.83. The van der Waals surface area contributed by atoms with E-state index in [0.717, 1.165) is 17.5 Å². The van der Waals surface area contributed by atoms with Crippen LogP contribution in [0, 0.1) is 11.6 Å². The fraction of sp³-hybridized carbons (Fsp3) is 0.278. The lowest BCUT2D eigenvalue weighted by molar-refractivity contribution is 0.504. The highest BCUT2D eigenvalue weighted by atomic mass is 127. The van der Waals surface area contributed by atoms with Gasteiger partial charge in [0.1, 0.15) is 5.82 Å². The van der Waals surface area contributed by atoms with Gasteiger partial charge in [-0.05, 0) is 36.8 Å². The predicted octanol–water partition coefficient (Wildman–Crippen LogP) is 3.09. The molecule has 1 atom stereocenters. The van der Waals surface area contributed by atoms with Crippen molar-refractivity contribution in [3.63, 3.8) is 0 Å². The van der Waals surface area contributed by atoms with E-state index < -0.39 is 11.6 Å². The highest BCUT2D eigenvalue weighted by Gasteiger charge is 2.11. The number of hydrogen-bond donors (Lipinski definition) is 2. The molecule has 0 aliphatic heterocycles. The molecule has 6 nitrogen and oxygen atoms in total. The number of rotatable bonds is 5. The Labute approximate surface area is 173 Å². The van der Waals surface area contributed by atoms with Crippen molar-refractivity contribution in [1.82, 2.24) is 25.2 Å². The van der Waals surface area contributed by atoms with Crippen LogP contribution >= 0.6 is 24.0 Å². The lowest BCUT2D eigenvalue weighted by Crippen LogP contribution is -2.39. The van der Waals surface area contributed by atoms with E-state index in [1.165, 1.54) is 6.07 Å². The summed E-state index contributed by atoms with van der Waals surface area (Å²) in [4.78, 5) is 4.16. The number of benzene rings is 1. The van der Waals surface area contributed by atoms with Gasteiger partial charge in [0, 0.05) is 26.2 Å². The van der Waals surface area contributed by atoms with E-state index in [2.05, 4.69) is 25.8 Å². The van der Waals surface area contributed by atoms with Gasteiger partial charge in [0.15, 0.2) is 23.2 Å². The molecule has 0 radical (unpaired) electrons. The number of nitrogens with zero attached hydrogens (tertiary/aromatic N) is 4. The van der Waals surface area contributed by atoms with Crippen LogP contribution in [-0.2, 0) is 6.42 Å². The minimum atomic E-state index is -0.863. The van der Waals surface area contributed by atoms with Gasteiger partial charge < -0.3 is 10.6 Å². The number of aliphatic imine (C=N–C) groups is 1. The van der Waals surface area contributed by atoms with Gasteiger partial charge in [-0.3, -0.25) is 9.39 Å². The van der Waals surface area contributed by atoms with Crippen LogP contribution in [0.25, 0.3) is 5.65 Å². The molecule has 0 fully saturated rings. The summed E-state index contributed by atoms with van der Waals surface area (Å²) in [7, 11) is 1.65. The number of nitrogens with one attached hydrogen (secondary N) is 2. The first-order valence-corrected chi connectivity index (χ1v) is 8.29. The standard InChI is InChI=1S/C18H20F2N6.HI/c1-12(13-6-7-14(19)15(20)11-13)23-18(21-2)22-9-8-17-25-24-16-5-3-4-10-26(16)17;/h3-7,10-12H,8-9H2,1-2H3,(H2,21,22,23);1H. The Kier molecular flexibility index (Phi) is 7.45. The first-order chi connectivity index (χ1) is 12.6. The zero-order valence-corrected chi connectivity index (χ0v) is 17.3. The van der Waals surface area contributed by atoms with Gasteiger partial charge in [0.05, 0.1) is 6.04 Å². The summed E-state index contributed by atoms with van der Waals surface area (Å²) in [6, 6.07) is 9.36. The molecule has 0 saturated carbocycles. The lowest BCUT2D eigenvalue weighted by atomic mass is 10.1. The molecule has 27 heavy (non-hydrogen) atoms. The second kappa shape index (κ2) is 9.58. The molecule has 2 N–H and O–H groups in total. The van der Waals surface area contributed by atoms with Crippen molar-refractivity contribution in [1.29, 1.82) is 0 Å². The Morgan fingerprint density at radius 2 is 2.00 bits per heavy atom. The van der Waals surface area contributed by atoms with Crippen LogP contribution in [0.15, 0.2) is 47.6 Å². The van der Waals surface area contributed by atoms with Crippen molar-refractivity contribution in [3.8, 4) is 0 Å². The van der Waals surface area contributed by atoms with E-state index in [0.29, 0.717) is 24.5 Å². The molecule has 0 bridgehead atoms. The average Bonchev–Trinajstić information content (AvgIpc) is 3.06. The normalized spacial score (nSPS) is 12.5. The van der Waals surface area contributed by atoms with E-state index in [9.17, 15) is 8.78 Å². The third-order valence-corrected chi connectivity index (χ3v) is 4.05. The molecule has 0 aliphatic carbocycles. The van der Waals surface area contributed by atoms with E-state index in [4.69, 9.17) is 0 Å². The second-order valence-electron chi connectivity index (χ2n) is 5.83. The van der Waals surface area contributed by atoms with Crippen LogP contribution < -0.4 is 10.6 Å². The molecule has 0 amide bonds. The van der Waals surface area contributed by atoms with Gasteiger partial charge in [0.2, 0.25) is 0 Å². The minimum absolute atomic E-state index is 0. The fourth-order valence-corrected chi connectivity index (χ4v) is 2.62. The molecular weight excluding hydrogens is 465 g/mol. The van der Waals surface area contributed by atoms with Gasteiger partial charge in [-0.1, -0.05) is 12.1 Å². The van der Waals surface area contributed by atoms with Crippen LogP contribution in [0.4, 0.5) is 8.78 Å². The Morgan fingerprint density at radius 3 is 2.74 bits per heavy atom. The summed E-state index contributed by atoms with van der Waals surface area (Å²) >= 11 is 0. The molecule has 3 aromatic rings. The van der Waals surface area contributed by atoms with E-state index in [1.54, 1.807) is 13.1 Å². The molecule has 2 aromatic heterocycles. The third kappa shape index (κ3) is 5.12. The van der Waals surface area contributed by atoms with Crippen molar-refractivity contribution < 1.29 is 8.78 Å². The van der Waals surface area contributed by atoms with Gasteiger partial charge in [-0.25, -0.2) is 8.78 Å². The maximum atomic E-state index is 13.4. The van der Waals surface area contributed by atoms with Crippen LogP contribution in [0.1, 0.15) is 24.4 Å². The average molecular weight is 486 g/mol. The summed E-state index contributed by atoms with van der Waals surface area (Å²) in [5, 5.41) is 14.6. The highest BCUT2D eigenvalue weighted by molar-refractivity contribution is 14.0.